The summed E-state index contributed by atoms with van der Waals surface area (Å²) in [6.45, 7) is 8.57. The quantitative estimate of drug-likeness (QED) is 0.807. The van der Waals surface area contributed by atoms with E-state index in [1.165, 1.54) is 6.42 Å². The first-order valence-electron chi connectivity index (χ1n) is 5.62. The van der Waals surface area contributed by atoms with Gasteiger partial charge in [0.2, 0.25) is 0 Å². The maximum absolute atomic E-state index is 5.91. The van der Waals surface area contributed by atoms with Crippen LogP contribution in [0.3, 0.4) is 0 Å². The van der Waals surface area contributed by atoms with E-state index in [4.69, 9.17) is 5.73 Å². The van der Waals surface area contributed by atoms with Crippen LogP contribution in [0.2, 0.25) is 0 Å². The molecule has 1 atom stereocenters. The van der Waals surface area contributed by atoms with Gasteiger partial charge in [0.05, 0.1) is 5.69 Å². The van der Waals surface area contributed by atoms with E-state index in [9.17, 15) is 0 Å². The van der Waals surface area contributed by atoms with Gasteiger partial charge in [0, 0.05) is 26.3 Å². The molecule has 4 nitrogen and oxygen atoms in total. The third-order valence-electron chi connectivity index (χ3n) is 2.75. The van der Waals surface area contributed by atoms with E-state index in [1.807, 2.05) is 13.2 Å². The largest absolute Gasteiger partial charge is 0.394 e. The van der Waals surface area contributed by atoms with E-state index in [1.54, 1.807) is 4.68 Å². The minimum atomic E-state index is 0.673. The number of aromatic nitrogens is 2. The molecule has 0 fully saturated rings. The van der Waals surface area contributed by atoms with Crippen molar-refractivity contribution < 1.29 is 0 Å². The SMILES string of the molecule is CCC(C)CN(CC)c1nn(C)cc1N. The molecule has 0 radical (unpaired) electrons. The summed E-state index contributed by atoms with van der Waals surface area (Å²) in [5.74, 6) is 1.59. The summed E-state index contributed by atoms with van der Waals surface area (Å²) in [6.07, 6.45) is 3.04. The van der Waals surface area contributed by atoms with Gasteiger partial charge in [-0.3, -0.25) is 4.68 Å². The van der Waals surface area contributed by atoms with Gasteiger partial charge in [-0.2, -0.15) is 5.10 Å². The smallest absolute Gasteiger partial charge is 0.173 e. The van der Waals surface area contributed by atoms with E-state index in [2.05, 4.69) is 30.8 Å². The van der Waals surface area contributed by atoms with Crippen LogP contribution in [-0.4, -0.2) is 22.9 Å². The molecule has 15 heavy (non-hydrogen) atoms. The number of nitrogens with zero attached hydrogens (tertiary/aromatic N) is 3. The van der Waals surface area contributed by atoms with Gasteiger partial charge in [0.25, 0.3) is 0 Å². The zero-order valence-corrected chi connectivity index (χ0v) is 10.2. The first-order valence-corrected chi connectivity index (χ1v) is 5.62. The number of anilines is 2. The van der Waals surface area contributed by atoms with E-state index >= 15 is 0 Å². The highest BCUT2D eigenvalue weighted by Crippen LogP contribution is 2.21. The first kappa shape index (κ1) is 11.9. The molecule has 0 saturated heterocycles. The third-order valence-corrected chi connectivity index (χ3v) is 2.75. The summed E-state index contributed by atoms with van der Waals surface area (Å²) in [5, 5.41) is 4.39. The molecular formula is C11H22N4. The molecule has 0 aliphatic heterocycles. The van der Waals surface area contributed by atoms with Gasteiger partial charge in [0.1, 0.15) is 0 Å². The number of nitrogen functional groups attached to an aromatic ring is 1. The van der Waals surface area contributed by atoms with Gasteiger partial charge in [-0.15, -0.1) is 0 Å². The zero-order valence-electron chi connectivity index (χ0n) is 10.2. The number of aryl methyl sites for hydroxylation is 1. The lowest BCUT2D eigenvalue weighted by Crippen LogP contribution is -2.29. The molecule has 0 aliphatic rings. The second-order valence-electron chi connectivity index (χ2n) is 4.13. The molecule has 86 valence electrons. The number of rotatable bonds is 5. The van der Waals surface area contributed by atoms with Crippen LogP contribution in [-0.2, 0) is 7.05 Å². The summed E-state index contributed by atoms with van der Waals surface area (Å²) < 4.78 is 1.77. The molecule has 0 aromatic carbocycles. The summed E-state index contributed by atoms with van der Waals surface area (Å²) in [5.41, 5.74) is 6.68. The van der Waals surface area contributed by atoms with Crippen LogP contribution < -0.4 is 10.6 Å². The van der Waals surface area contributed by atoms with Gasteiger partial charge in [0.15, 0.2) is 5.82 Å². The Bertz CT molecular complexity index is 306. The van der Waals surface area contributed by atoms with E-state index in [0.29, 0.717) is 5.92 Å². The van der Waals surface area contributed by atoms with E-state index in [0.717, 1.165) is 24.6 Å². The highest BCUT2D eigenvalue weighted by Gasteiger charge is 2.14. The lowest BCUT2D eigenvalue weighted by atomic mass is 10.1. The van der Waals surface area contributed by atoms with Crippen molar-refractivity contribution in [2.24, 2.45) is 13.0 Å². The second-order valence-corrected chi connectivity index (χ2v) is 4.13. The molecule has 0 aliphatic carbocycles. The molecule has 1 rings (SSSR count). The fourth-order valence-corrected chi connectivity index (χ4v) is 1.61. The highest BCUT2D eigenvalue weighted by molar-refractivity contribution is 5.61. The van der Waals surface area contributed by atoms with Crippen LogP contribution in [0.25, 0.3) is 0 Å². The summed E-state index contributed by atoms with van der Waals surface area (Å²) in [6, 6.07) is 0. The van der Waals surface area contributed by atoms with E-state index in [-0.39, 0.29) is 0 Å². The normalized spacial score (nSPS) is 12.8. The Labute approximate surface area is 92.1 Å². The standard InChI is InChI=1S/C11H22N4/c1-5-9(3)7-15(6-2)11-10(12)8-14(4)13-11/h8-9H,5-7,12H2,1-4H3. The fourth-order valence-electron chi connectivity index (χ4n) is 1.61. The van der Waals surface area contributed by atoms with Crippen molar-refractivity contribution in [1.82, 2.24) is 9.78 Å². The lowest BCUT2D eigenvalue weighted by Gasteiger charge is -2.24. The molecule has 4 heteroatoms. The Morgan fingerprint density at radius 2 is 2.20 bits per heavy atom. The molecule has 1 heterocycles. The Hall–Kier alpha value is -1.19. The Morgan fingerprint density at radius 3 is 2.60 bits per heavy atom. The average molecular weight is 210 g/mol. The van der Waals surface area contributed by atoms with Gasteiger partial charge in [-0.25, -0.2) is 0 Å². The minimum Gasteiger partial charge on any atom is -0.394 e. The van der Waals surface area contributed by atoms with Crippen molar-refractivity contribution in [2.45, 2.75) is 27.2 Å². The molecule has 0 saturated carbocycles. The van der Waals surface area contributed by atoms with Crippen molar-refractivity contribution >= 4 is 11.5 Å². The first-order chi connectivity index (χ1) is 7.08. The van der Waals surface area contributed by atoms with Crippen LogP contribution >= 0.6 is 0 Å². The highest BCUT2D eigenvalue weighted by atomic mass is 15.3. The van der Waals surface area contributed by atoms with Crippen LogP contribution in [0.1, 0.15) is 27.2 Å². The van der Waals surface area contributed by atoms with Crippen LogP contribution in [0.15, 0.2) is 6.20 Å². The molecule has 0 amide bonds. The van der Waals surface area contributed by atoms with Crippen LogP contribution in [0.4, 0.5) is 11.5 Å². The lowest BCUT2D eigenvalue weighted by molar-refractivity contribution is 0.544. The van der Waals surface area contributed by atoms with Gasteiger partial charge in [-0.05, 0) is 12.8 Å². The molecule has 1 aromatic rings. The van der Waals surface area contributed by atoms with Crippen molar-refractivity contribution in [3.05, 3.63) is 6.20 Å². The summed E-state index contributed by atoms with van der Waals surface area (Å²) in [7, 11) is 1.90. The number of nitrogens with two attached hydrogens (primary N) is 1. The van der Waals surface area contributed by atoms with Gasteiger partial charge in [-0.1, -0.05) is 20.3 Å². The molecule has 2 N–H and O–H groups in total. The minimum absolute atomic E-state index is 0.673. The summed E-state index contributed by atoms with van der Waals surface area (Å²) in [4.78, 5) is 2.24. The molecule has 1 aromatic heterocycles. The monoisotopic (exact) mass is 210 g/mol. The Morgan fingerprint density at radius 1 is 1.53 bits per heavy atom. The molecule has 0 bridgehead atoms. The van der Waals surface area contributed by atoms with Crippen LogP contribution in [0.5, 0.6) is 0 Å². The van der Waals surface area contributed by atoms with E-state index < -0.39 is 0 Å². The number of hydrogen-bond acceptors (Lipinski definition) is 3. The molecule has 1 unspecified atom stereocenters. The maximum Gasteiger partial charge on any atom is 0.173 e. The Balaban J connectivity index is 2.78. The van der Waals surface area contributed by atoms with Crippen molar-refractivity contribution in [2.75, 3.05) is 23.7 Å². The average Bonchev–Trinajstić information content (AvgIpc) is 2.54. The fraction of sp³-hybridized carbons (Fsp3) is 0.727. The van der Waals surface area contributed by atoms with Gasteiger partial charge >= 0.3 is 0 Å². The third kappa shape index (κ3) is 2.88. The number of hydrogen-bond donors (Lipinski definition) is 1. The van der Waals surface area contributed by atoms with Crippen molar-refractivity contribution in [1.29, 1.82) is 0 Å². The molecule has 0 spiro atoms. The zero-order chi connectivity index (χ0) is 11.4. The predicted octanol–water partition coefficient (Wildman–Crippen LogP) is 1.87. The maximum atomic E-state index is 5.91. The summed E-state index contributed by atoms with van der Waals surface area (Å²) >= 11 is 0. The topological polar surface area (TPSA) is 47.1 Å². The second kappa shape index (κ2) is 5.05. The van der Waals surface area contributed by atoms with Crippen molar-refractivity contribution in [3.8, 4) is 0 Å². The molecular weight excluding hydrogens is 188 g/mol. The predicted molar refractivity (Wildman–Crippen MR) is 65.0 cm³/mol. The van der Waals surface area contributed by atoms with Gasteiger partial charge < -0.3 is 10.6 Å². The van der Waals surface area contributed by atoms with Crippen molar-refractivity contribution in [3.63, 3.8) is 0 Å². The Kier molecular flexibility index (Phi) is 4.00. The van der Waals surface area contributed by atoms with Crippen LogP contribution in [0, 0.1) is 5.92 Å².